The molecule has 28 heavy (non-hydrogen) atoms. The van der Waals surface area contributed by atoms with Crippen LogP contribution in [0, 0.1) is 0 Å². The third-order valence-corrected chi connectivity index (χ3v) is 5.48. The van der Waals surface area contributed by atoms with E-state index in [1.54, 1.807) is 19.4 Å². The maximum absolute atomic E-state index is 12.6. The number of carbonyl (C=O) groups excluding carboxylic acids is 1. The van der Waals surface area contributed by atoms with Gasteiger partial charge < -0.3 is 9.80 Å². The minimum atomic E-state index is -0.164. The summed E-state index contributed by atoms with van der Waals surface area (Å²) in [4.78, 5) is 33.2. The molecule has 0 radical (unpaired) electrons. The lowest BCUT2D eigenvalue weighted by Gasteiger charge is -2.24. The molecule has 0 atom stereocenters. The van der Waals surface area contributed by atoms with Crippen LogP contribution in [-0.4, -0.2) is 49.1 Å². The molecule has 144 valence electrons. The lowest BCUT2D eigenvalue weighted by molar-refractivity contribution is 0.0792. The van der Waals surface area contributed by atoms with Crippen LogP contribution in [0.25, 0.3) is 5.65 Å². The molecule has 4 heterocycles. The Bertz CT molecular complexity index is 1090. The molecule has 8 heteroatoms. The summed E-state index contributed by atoms with van der Waals surface area (Å²) in [6, 6.07) is 7.98. The van der Waals surface area contributed by atoms with E-state index in [4.69, 9.17) is 0 Å². The van der Waals surface area contributed by atoms with E-state index in [2.05, 4.69) is 15.0 Å². The minimum absolute atomic E-state index is 0.0591. The van der Waals surface area contributed by atoms with Crippen LogP contribution in [0.5, 0.6) is 0 Å². The third-order valence-electron chi connectivity index (χ3n) is 5.48. The Kier molecular flexibility index (Phi) is 3.92. The molecule has 1 aliphatic heterocycles. The second-order valence-electron chi connectivity index (χ2n) is 7.52. The molecule has 1 saturated heterocycles. The number of hydrogen-bond donors (Lipinski definition) is 0. The first-order chi connectivity index (χ1) is 13.6. The average molecular weight is 378 g/mol. The van der Waals surface area contributed by atoms with Gasteiger partial charge in [0.1, 0.15) is 5.82 Å². The first kappa shape index (κ1) is 17.0. The van der Waals surface area contributed by atoms with Crippen LogP contribution in [-0.2, 0) is 7.05 Å². The van der Waals surface area contributed by atoms with E-state index in [0.29, 0.717) is 17.3 Å². The number of amides is 1. The van der Waals surface area contributed by atoms with E-state index in [1.165, 1.54) is 9.08 Å². The fourth-order valence-corrected chi connectivity index (χ4v) is 3.84. The van der Waals surface area contributed by atoms with Crippen molar-refractivity contribution in [3.05, 3.63) is 52.7 Å². The molecule has 0 aromatic carbocycles. The number of carbonyl (C=O) groups is 1. The van der Waals surface area contributed by atoms with Gasteiger partial charge in [0.25, 0.3) is 5.91 Å². The summed E-state index contributed by atoms with van der Waals surface area (Å²) in [5.74, 6) is 0.868. The minimum Gasteiger partial charge on any atom is -0.339 e. The summed E-state index contributed by atoms with van der Waals surface area (Å²) in [5, 5.41) is 4.28. The molecule has 8 nitrogen and oxygen atoms in total. The molecule has 1 saturated carbocycles. The van der Waals surface area contributed by atoms with E-state index in [9.17, 15) is 9.59 Å². The molecule has 0 bridgehead atoms. The number of likely N-dealkylation sites (tertiary alicyclic amines) is 1. The monoisotopic (exact) mass is 378 g/mol. The van der Waals surface area contributed by atoms with Gasteiger partial charge in [-0.2, -0.15) is 5.10 Å². The number of anilines is 2. The number of hydrogen-bond acceptors (Lipinski definition) is 5. The zero-order valence-corrected chi connectivity index (χ0v) is 15.8. The molecule has 3 aromatic rings. The average Bonchev–Trinajstić information content (AvgIpc) is 3.30. The molecular formula is C20H22N6O2. The first-order valence-corrected chi connectivity index (χ1v) is 9.72. The number of pyridine rings is 2. The summed E-state index contributed by atoms with van der Waals surface area (Å²) < 4.78 is 2.86. The van der Waals surface area contributed by atoms with Crippen molar-refractivity contribution < 1.29 is 4.79 Å². The van der Waals surface area contributed by atoms with Gasteiger partial charge in [-0.15, -0.1) is 0 Å². The summed E-state index contributed by atoms with van der Waals surface area (Å²) in [7, 11) is 1.64. The van der Waals surface area contributed by atoms with Crippen molar-refractivity contribution in [1.29, 1.82) is 0 Å². The Labute approximate surface area is 162 Å². The van der Waals surface area contributed by atoms with Crippen LogP contribution in [0.2, 0.25) is 0 Å². The van der Waals surface area contributed by atoms with Gasteiger partial charge in [-0.25, -0.2) is 14.5 Å². The quantitative estimate of drug-likeness (QED) is 0.694. The number of nitrogens with zero attached hydrogens (tertiary/aromatic N) is 6. The smallest absolute Gasteiger partial charge is 0.339 e. The SMILES string of the molecule is Cn1nc2cc(N(c3ccc(C(=O)N4CCCC4)cn3)C3CC3)ccn2c1=O. The zero-order chi connectivity index (χ0) is 19.3. The van der Waals surface area contributed by atoms with Crippen LogP contribution < -0.4 is 10.6 Å². The van der Waals surface area contributed by atoms with E-state index < -0.39 is 0 Å². The lowest BCUT2D eigenvalue weighted by atomic mass is 10.2. The highest BCUT2D eigenvalue weighted by Gasteiger charge is 2.32. The molecule has 2 fully saturated rings. The molecule has 0 unspecified atom stereocenters. The van der Waals surface area contributed by atoms with Crippen LogP contribution >= 0.6 is 0 Å². The van der Waals surface area contributed by atoms with E-state index in [1.807, 2.05) is 29.2 Å². The van der Waals surface area contributed by atoms with E-state index >= 15 is 0 Å². The molecule has 0 spiro atoms. The highest BCUT2D eigenvalue weighted by atomic mass is 16.2. The zero-order valence-electron chi connectivity index (χ0n) is 15.8. The highest BCUT2D eigenvalue weighted by Crippen LogP contribution is 2.37. The molecule has 1 amide bonds. The summed E-state index contributed by atoms with van der Waals surface area (Å²) in [6.07, 6.45) is 7.76. The lowest BCUT2D eigenvalue weighted by Crippen LogP contribution is -2.28. The van der Waals surface area contributed by atoms with Gasteiger partial charge in [-0.1, -0.05) is 0 Å². The van der Waals surface area contributed by atoms with Crippen molar-refractivity contribution >= 4 is 23.1 Å². The summed E-state index contributed by atoms with van der Waals surface area (Å²) in [6.45, 7) is 1.66. The Morgan fingerprint density at radius 2 is 1.96 bits per heavy atom. The summed E-state index contributed by atoms with van der Waals surface area (Å²) in [5.41, 5.74) is 2.03. The maximum Gasteiger partial charge on any atom is 0.350 e. The van der Waals surface area contributed by atoms with Gasteiger partial charge in [0.2, 0.25) is 0 Å². The molecule has 5 rings (SSSR count). The first-order valence-electron chi connectivity index (χ1n) is 9.72. The number of aromatic nitrogens is 4. The Morgan fingerprint density at radius 3 is 2.64 bits per heavy atom. The van der Waals surface area contributed by atoms with Crippen LogP contribution in [0.1, 0.15) is 36.0 Å². The fourth-order valence-electron chi connectivity index (χ4n) is 3.84. The van der Waals surface area contributed by atoms with E-state index in [-0.39, 0.29) is 11.6 Å². The number of fused-ring (bicyclic) bond motifs is 1. The van der Waals surface area contributed by atoms with Crippen molar-refractivity contribution in [2.45, 2.75) is 31.7 Å². The predicted octanol–water partition coefficient (Wildman–Crippen LogP) is 1.96. The van der Waals surface area contributed by atoms with Crippen LogP contribution in [0.4, 0.5) is 11.5 Å². The molecule has 0 N–H and O–H groups in total. The topological polar surface area (TPSA) is 75.7 Å². The molecule has 2 aliphatic rings. The largest absolute Gasteiger partial charge is 0.350 e. The van der Waals surface area contributed by atoms with Gasteiger partial charge in [0.15, 0.2) is 5.65 Å². The molecular weight excluding hydrogens is 356 g/mol. The fraction of sp³-hybridized carbons (Fsp3) is 0.400. The molecule has 1 aliphatic carbocycles. The highest BCUT2D eigenvalue weighted by molar-refractivity contribution is 5.94. The molecule has 3 aromatic heterocycles. The third kappa shape index (κ3) is 2.85. The number of rotatable bonds is 4. The second-order valence-corrected chi connectivity index (χ2v) is 7.52. The number of aryl methyl sites for hydroxylation is 1. The Hall–Kier alpha value is -3.16. The van der Waals surface area contributed by atoms with Gasteiger partial charge in [-0.3, -0.25) is 9.20 Å². The Balaban J connectivity index is 1.47. The van der Waals surface area contributed by atoms with Gasteiger partial charge in [-0.05, 0) is 43.9 Å². The predicted molar refractivity (Wildman–Crippen MR) is 105 cm³/mol. The summed E-state index contributed by atoms with van der Waals surface area (Å²) >= 11 is 0. The second kappa shape index (κ2) is 6.47. The van der Waals surface area contributed by atoms with Crippen molar-refractivity contribution in [2.24, 2.45) is 7.05 Å². The normalized spacial score (nSPS) is 16.7. The van der Waals surface area contributed by atoms with Gasteiger partial charge in [0, 0.05) is 50.3 Å². The standard InChI is InChI=1S/C20H22N6O2/c1-23-20(28)25-11-8-16(12-18(25)22-23)26(15-5-6-15)17-7-4-14(13-21-17)19(27)24-9-2-3-10-24/h4,7-8,11-13,15H,2-3,5-6,9-10H2,1H3. The van der Waals surface area contributed by atoms with Crippen molar-refractivity contribution in [3.8, 4) is 0 Å². The maximum atomic E-state index is 12.6. The van der Waals surface area contributed by atoms with E-state index in [0.717, 1.165) is 50.3 Å². The Morgan fingerprint density at radius 1 is 1.18 bits per heavy atom. The van der Waals surface area contributed by atoms with Crippen LogP contribution in [0.3, 0.4) is 0 Å². The van der Waals surface area contributed by atoms with Crippen molar-refractivity contribution in [1.82, 2.24) is 24.1 Å². The van der Waals surface area contributed by atoms with Gasteiger partial charge in [0.05, 0.1) is 5.56 Å². The van der Waals surface area contributed by atoms with Crippen molar-refractivity contribution in [2.75, 3.05) is 18.0 Å². The van der Waals surface area contributed by atoms with Crippen LogP contribution in [0.15, 0.2) is 41.5 Å². The van der Waals surface area contributed by atoms with Gasteiger partial charge >= 0.3 is 5.69 Å². The van der Waals surface area contributed by atoms with Crippen molar-refractivity contribution in [3.63, 3.8) is 0 Å².